The van der Waals surface area contributed by atoms with Crippen LogP contribution in [-0.4, -0.2) is 6.29 Å². The van der Waals surface area contributed by atoms with E-state index in [1.165, 1.54) is 6.07 Å². The molecule has 1 nitrogen and oxygen atoms in total. The lowest BCUT2D eigenvalue weighted by Crippen LogP contribution is -1.94. The van der Waals surface area contributed by atoms with Gasteiger partial charge in [0.05, 0.1) is 0 Å². The van der Waals surface area contributed by atoms with E-state index in [1.54, 1.807) is 0 Å². The lowest BCUT2D eigenvalue weighted by molar-refractivity contribution is 0.112. The first-order valence-corrected chi connectivity index (χ1v) is 5.30. The van der Waals surface area contributed by atoms with Gasteiger partial charge in [-0.25, -0.2) is 13.2 Å². The lowest BCUT2D eigenvalue weighted by Gasteiger charge is -2.07. The molecule has 0 aliphatic heterocycles. The highest BCUT2D eigenvalue weighted by Gasteiger charge is 2.12. The third-order valence-electron chi connectivity index (χ3n) is 2.39. The summed E-state index contributed by atoms with van der Waals surface area (Å²) in [6, 6.07) is 5.13. The summed E-state index contributed by atoms with van der Waals surface area (Å²) in [5, 5.41) is 0.103. The second-order valence-electron chi connectivity index (χ2n) is 3.63. The molecule has 2 aromatic carbocycles. The monoisotopic (exact) mass is 270 g/mol. The minimum atomic E-state index is -1.14. The van der Waals surface area contributed by atoms with Gasteiger partial charge in [0.2, 0.25) is 0 Å². The van der Waals surface area contributed by atoms with Gasteiger partial charge < -0.3 is 0 Å². The minimum Gasteiger partial charge on any atom is -0.298 e. The van der Waals surface area contributed by atoms with Gasteiger partial charge in [-0.05, 0) is 41.5 Å². The number of benzene rings is 2. The zero-order valence-corrected chi connectivity index (χ0v) is 9.64. The van der Waals surface area contributed by atoms with Crippen molar-refractivity contribution in [1.29, 1.82) is 0 Å². The molecule has 0 aromatic heterocycles. The van der Waals surface area contributed by atoms with Crippen LogP contribution in [0.1, 0.15) is 10.4 Å². The first-order valence-electron chi connectivity index (χ1n) is 4.92. The van der Waals surface area contributed by atoms with Crippen molar-refractivity contribution in [2.45, 2.75) is 0 Å². The van der Waals surface area contributed by atoms with Crippen LogP contribution in [0.25, 0.3) is 11.1 Å². The van der Waals surface area contributed by atoms with Crippen molar-refractivity contribution in [3.05, 3.63) is 58.4 Å². The fourth-order valence-electron chi connectivity index (χ4n) is 1.62. The molecule has 0 amide bonds. The maximum Gasteiger partial charge on any atom is 0.159 e. The van der Waals surface area contributed by atoms with E-state index in [9.17, 15) is 18.0 Å². The Morgan fingerprint density at radius 3 is 2.22 bits per heavy atom. The highest BCUT2D eigenvalue weighted by Crippen LogP contribution is 2.28. The minimum absolute atomic E-state index is 0.0735. The van der Waals surface area contributed by atoms with E-state index in [4.69, 9.17) is 11.6 Å². The van der Waals surface area contributed by atoms with Crippen molar-refractivity contribution in [3.8, 4) is 11.1 Å². The van der Waals surface area contributed by atoms with Crippen LogP contribution in [0, 0.1) is 17.5 Å². The van der Waals surface area contributed by atoms with Crippen LogP contribution in [0.15, 0.2) is 30.3 Å². The Hall–Kier alpha value is -1.81. The summed E-state index contributed by atoms with van der Waals surface area (Å²) in [6.45, 7) is 0. The molecular weight excluding hydrogens is 265 g/mol. The standard InChI is InChI=1S/C13H6ClF3O/c14-9-1-7(2-10(15)4-9)11-5-13(17)12(16)3-8(11)6-18/h1-6H. The zero-order valence-electron chi connectivity index (χ0n) is 8.88. The Morgan fingerprint density at radius 2 is 1.61 bits per heavy atom. The van der Waals surface area contributed by atoms with Gasteiger partial charge >= 0.3 is 0 Å². The zero-order chi connectivity index (χ0) is 13.3. The topological polar surface area (TPSA) is 17.1 Å². The maximum absolute atomic E-state index is 13.2. The number of carbonyl (C=O) groups excluding carboxylic acids is 1. The van der Waals surface area contributed by atoms with Crippen LogP contribution in [0.2, 0.25) is 5.02 Å². The lowest BCUT2D eigenvalue weighted by atomic mass is 10.00. The molecule has 0 spiro atoms. The van der Waals surface area contributed by atoms with Crippen LogP contribution in [0.5, 0.6) is 0 Å². The van der Waals surface area contributed by atoms with Crippen LogP contribution >= 0.6 is 11.6 Å². The predicted molar refractivity (Wildman–Crippen MR) is 62.1 cm³/mol. The second-order valence-corrected chi connectivity index (χ2v) is 4.07. The van der Waals surface area contributed by atoms with Crippen LogP contribution in [-0.2, 0) is 0 Å². The van der Waals surface area contributed by atoms with E-state index in [2.05, 4.69) is 0 Å². The van der Waals surface area contributed by atoms with E-state index in [-0.39, 0.29) is 21.7 Å². The molecule has 0 atom stereocenters. The average molecular weight is 271 g/mol. The third kappa shape index (κ3) is 2.38. The Balaban J connectivity index is 2.69. The molecule has 2 aromatic rings. The largest absolute Gasteiger partial charge is 0.298 e. The molecule has 0 aliphatic rings. The molecule has 0 unspecified atom stereocenters. The summed E-state index contributed by atoms with van der Waals surface area (Å²) in [6.07, 6.45) is 0.372. The molecule has 0 aliphatic carbocycles. The molecular formula is C13H6ClF3O. The fraction of sp³-hybridized carbons (Fsp3) is 0. The molecule has 92 valence electrons. The van der Waals surface area contributed by atoms with Crippen LogP contribution in [0.4, 0.5) is 13.2 Å². The van der Waals surface area contributed by atoms with E-state index < -0.39 is 17.5 Å². The summed E-state index contributed by atoms with van der Waals surface area (Å²) in [5.41, 5.74) is 0.224. The van der Waals surface area contributed by atoms with E-state index in [0.29, 0.717) is 6.29 Å². The van der Waals surface area contributed by atoms with Gasteiger partial charge in [0.25, 0.3) is 0 Å². The number of hydrogen-bond donors (Lipinski definition) is 0. The van der Waals surface area contributed by atoms with Gasteiger partial charge in [0, 0.05) is 10.6 Å². The SMILES string of the molecule is O=Cc1cc(F)c(F)cc1-c1cc(F)cc(Cl)c1. The molecule has 2 rings (SSSR count). The van der Waals surface area contributed by atoms with Crippen LogP contribution in [0.3, 0.4) is 0 Å². The molecule has 0 bridgehead atoms. The van der Waals surface area contributed by atoms with Gasteiger partial charge in [-0.15, -0.1) is 0 Å². The third-order valence-corrected chi connectivity index (χ3v) is 2.61. The highest BCUT2D eigenvalue weighted by molar-refractivity contribution is 6.30. The molecule has 0 radical (unpaired) electrons. The van der Waals surface area contributed by atoms with Crippen molar-refractivity contribution < 1.29 is 18.0 Å². The molecule has 18 heavy (non-hydrogen) atoms. The number of rotatable bonds is 2. The Kier molecular flexibility index (Phi) is 3.39. The van der Waals surface area contributed by atoms with Gasteiger partial charge in [-0.1, -0.05) is 11.6 Å². The van der Waals surface area contributed by atoms with Crippen molar-refractivity contribution in [2.24, 2.45) is 0 Å². The number of hydrogen-bond acceptors (Lipinski definition) is 1. The number of aldehydes is 1. The van der Waals surface area contributed by atoms with E-state index in [0.717, 1.165) is 24.3 Å². The van der Waals surface area contributed by atoms with E-state index >= 15 is 0 Å². The molecule has 5 heteroatoms. The van der Waals surface area contributed by atoms with Crippen molar-refractivity contribution in [2.75, 3.05) is 0 Å². The average Bonchev–Trinajstić information content (AvgIpc) is 2.30. The summed E-state index contributed by atoms with van der Waals surface area (Å²) in [5.74, 6) is -2.88. The van der Waals surface area contributed by atoms with E-state index in [1.807, 2.05) is 0 Å². The molecule has 0 saturated carbocycles. The van der Waals surface area contributed by atoms with Crippen LogP contribution < -0.4 is 0 Å². The first-order chi connectivity index (χ1) is 8.51. The summed E-state index contributed by atoms with van der Waals surface area (Å²) >= 11 is 5.67. The molecule has 0 N–H and O–H groups in total. The van der Waals surface area contributed by atoms with Crippen molar-refractivity contribution in [3.63, 3.8) is 0 Å². The Labute approximate surface area is 106 Å². The van der Waals surface area contributed by atoms with Gasteiger partial charge in [0.15, 0.2) is 17.9 Å². The first kappa shape index (κ1) is 12.6. The summed E-state index contributed by atoms with van der Waals surface area (Å²) in [4.78, 5) is 10.8. The summed E-state index contributed by atoms with van der Waals surface area (Å²) < 4.78 is 39.3. The predicted octanol–water partition coefficient (Wildman–Crippen LogP) is 4.24. The maximum atomic E-state index is 13.2. The smallest absolute Gasteiger partial charge is 0.159 e. The quantitative estimate of drug-likeness (QED) is 0.746. The fourth-order valence-corrected chi connectivity index (χ4v) is 1.84. The van der Waals surface area contributed by atoms with Crippen molar-refractivity contribution in [1.82, 2.24) is 0 Å². The number of halogens is 4. The van der Waals surface area contributed by atoms with Gasteiger partial charge in [-0.2, -0.15) is 0 Å². The summed E-state index contributed by atoms with van der Waals surface area (Å²) in [7, 11) is 0. The molecule has 0 saturated heterocycles. The van der Waals surface area contributed by atoms with Crippen molar-refractivity contribution >= 4 is 17.9 Å². The van der Waals surface area contributed by atoms with Gasteiger partial charge in [-0.3, -0.25) is 4.79 Å². The second kappa shape index (κ2) is 4.82. The highest BCUT2D eigenvalue weighted by atomic mass is 35.5. The normalized spacial score (nSPS) is 10.4. The van der Waals surface area contributed by atoms with Gasteiger partial charge in [0.1, 0.15) is 5.82 Å². The molecule has 0 fully saturated rings. The number of carbonyl (C=O) groups is 1. The molecule has 0 heterocycles. The Bertz CT molecular complexity index is 606. The Morgan fingerprint density at radius 1 is 0.944 bits per heavy atom.